The maximum Gasteiger partial charge on any atom is 0.0543 e. The van der Waals surface area contributed by atoms with E-state index in [9.17, 15) is 0 Å². The van der Waals surface area contributed by atoms with Crippen LogP contribution in [0.25, 0.3) is 0 Å². The van der Waals surface area contributed by atoms with Crippen LogP contribution in [-0.2, 0) is 23.0 Å². The maximum atomic E-state index is 4.67. The van der Waals surface area contributed by atoms with Gasteiger partial charge in [-0.1, -0.05) is 113 Å². The van der Waals surface area contributed by atoms with E-state index in [1.54, 1.807) is 0 Å². The molecule has 0 spiro atoms. The second-order valence-electron chi connectivity index (χ2n) is 14.5. The molecular formula is C40H62N4Ni. The second kappa shape index (κ2) is 18.1. The topological polar surface area (TPSA) is 40.2 Å². The molecule has 4 nitrogen and oxygen atoms in total. The number of anilines is 2. The van der Waals surface area contributed by atoms with Crippen LogP contribution in [0.2, 0.25) is 0 Å². The first-order valence-corrected chi connectivity index (χ1v) is 17.2. The molecular weight excluding hydrogens is 595 g/mol. The Kier molecular flexibility index (Phi) is 15.6. The van der Waals surface area contributed by atoms with Gasteiger partial charge in [-0.05, 0) is 81.0 Å². The van der Waals surface area contributed by atoms with Gasteiger partial charge in [0.2, 0.25) is 0 Å². The Morgan fingerprint density at radius 2 is 0.933 bits per heavy atom. The molecule has 0 aliphatic heterocycles. The molecule has 0 saturated heterocycles. The molecule has 2 N–H and O–H groups in total. The van der Waals surface area contributed by atoms with Crippen molar-refractivity contribution in [1.29, 1.82) is 0 Å². The van der Waals surface area contributed by atoms with Crippen LogP contribution in [0.3, 0.4) is 0 Å². The molecule has 0 fully saturated rings. The first-order valence-electron chi connectivity index (χ1n) is 17.2. The second-order valence-corrected chi connectivity index (χ2v) is 14.5. The molecule has 0 saturated carbocycles. The predicted octanol–water partition coefficient (Wildman–Crippen LogP) is 10.8. The van der Waals surface area contributed by atoms with Crippen molar-refractivity contribution >= 4 is 11.4 Å². The normalized spacial score (nSPS) is 11.9. The van der Waals surface area contributed by atoms with E-state index in [1.165, 1.54) is 44.8 Å². The van der Waals surface area contributed by atoms with E-state index in [0.717, 1.165) is 38.4 Å². The van der Waals surface area contributed by atoms with E-state index in [2.05, 4.69) is 140 Å². The van der Waals surface area contributed by atoms with Crippen molar-refractivity contribution in [2.75, 3.05) is 36.8 Å². The Morgan fingerprint density at radius 3 is 1.22 bits per heavy atom. The van der Waals surface area contributed by atoms with E-state index < -0.39 is 0 Å². The Bertz CT molecular complexity index is 1170. The summed E-state index contributed by atoms with van der Waals surface area (Å²) in [6, 6.07) is 16.0. The van der Waals surface area contributed by atoms with Gasteiger partial charge in [0, 0.05) is 66.8 Å². The molecule has 0 aliphatic rings. The molecule has 252 valence electrons. The van der Waals surface area contributed by atoms with Crippen LogP contribution < -0.4 is 10.6 Å². The number of nitrogens with zero attached hydrogens (tertiary/aromatic N) is 2. The Morgan fingerprint density at radius 1 is 0.556 bits per heavy atom. The molecule has 2 aromatic carbocycles. The van der Waals surface area contributed by atoms with Gasteiger partial charge in [0.25, 0.3) is 0 Å². The molecule has 45 heavy (non-hydrogen) atoms. The van der Waals surface area contributed by atoms with Crippen molar-refractivity contribution in [1.82, 2.24) is 9.88 Å². The zero-order chi connectivity index (χ0) is 32.6. The van der Waals surface area contributed by atoms with Gasteiger partial charge in [-0.2, -0.15) is 0 Å². The summed E-state index contributed by atoms with van der Waals surface area (Å²) >= 11 is 0. The van der Waals surface area contributed by atoms with Gasteiger partial charge in [0.15, 0.2) is 0 Å². The molecule has 3 aromatic rings. The molecule has 3 rings (SSSR count). The minimum absolute atomic E-state index is 0. The average molecular weight is 658 g/mol. The van der Waals surface area contributed by atoms with E-state index in [1.807, 2.05) is 12.3 Å². The van der Waals surface area contributed by atoms with Crippen LogP contribution in [-0.4, -0.2) is 36.1 Å². The van der Waals surface area contributed by atoms with Crippen LogP contribution in [0.5, 0.6) is 0 Å². The average Bonchev–Trinajstić information content (AvgIpc) is 2.96. The zero-order valence-corrected chi connectivity index (χ0v) is 31.3. The third-order valence-electron chi connectivity index (χ3n) is 8.84. The van der Waals surface area contributed by atoms with Gasteiger partial charge in [-0.3, -0.25) is 9.88 Å². The minimum Gasteiger partial charge on any atom is -0.383 e. The SMILES string of the molecule is CC(C)c1cc(C(C)C)c(NCCN(CCNc2c(C(C)C)cc(C(C)C)cc2C(C)C)Cc2ccccn2)c(C(C)C)c1.[Ni]. The van der Waals surface area contributed by atoms with E-state index >= 15 is 0 Å². The first-order chi connectivity index (χ1) is 20.8. The van der Waals surface area contributed by atoms with Crippen molar-refractivity contribution in [2.45, 2.75) is 125 Å². The fourth-order valence-electron chi connectivity index (χ4n) is 5.99. The van der Waals surface area contributed by atoms with Gasteiger partial charge in [0.1, 0.15) is 0 Å². The molecule has 0 bridgehead atoms. The monoisotopic (exact) mass is 656 g/mol. The summed E-state index contributed by atoms with van der Waals surface area (Å²) in [5.41, 5.74) is 12.4. The first kappa shape index (κ1) is 38.8. The van der Waals surface area contributed by atoms with E-state index in [4.69, 9.17) is 0 Å². The number of hydrogen-bond donors (Lipinski definition) is 2. The van der Waals surface area contributed by atoms with E-state index in [-0.39, 0.29) is 16.5 Å². The number of nitrogens with one attached hydrogen (secondary N) is 2. The van der Waals surface area contributed by atoms with Gasteiger partial charge >= 0.3 is 0 Å². The Balaban J connectivity index is 0.00000705. The molecule has 1 heterocycles. The molecule has 1 aromatic heterocycles. The number of hydrogen-bond acceptors (Lipinski definition) is 4. The smallest absolute Gasteiger partial charge is 0.0543 e. The standard InChI is InChI=1S/C40H62N4.Ni/c1-26(2)32-21-35(28(5)6)39(36(22-32)29(7)8)42-17-19-44(25-34-15-13-14-16-41-34)20-18-43-40-37(30(9)10)23-33(27(3)4)24-38(40)31(11)12;/h13-16,21-24,26-31,42-43H,17-20,25H2,1-12H3;. The number of rotatable bonds is 16. The summed E-state index contributed by atoms with van der Waals surface area (Å²) in [6.45, 7) is 32.3. The van der Waals surface area contributed by atoms with Gasteiger partial charge in [-0.15, -0.1) is 0 Å². The maximum absolute atomic E-state index is 4.67. The van der Waals surface area contributed by atoms with Crippen LogP contribution in [0.15, 0.2) is 48.7 Å². The number of aromatic nitrogens is 1. The van der Waals surface area contributed by atoms with Crippen molar-refractivity contribution in [3.05, 3.63) is 87.7 Å². The van der Waals surface area contributed by atoms with Crippen molar-refractivity contribution in [3.63, 3.8) is 0 Å². The summed E-state index contributed by atoms with van der Waals surface area (Å²) in [7, 11) is 0. The summed E-state index contributed by atoms with van der Waals surface area (Å²) < 4.78 is 0. The molecule has 0 radical (unpaired) electrons. The van der Waals surface area contributed by atoms with Crippen LogP contribution >= 0.6 is 0 Å². The summed E-state index contributed by atoms with van der Waals surface area (Å²) in [6.07, 6.45) is 1.91. The molecule has 0 aliphatic carbocycles. The Labute approximate surface area is 286 Å². The van der Waals surface area contributed by atoms with Gasteiger partial charge < -0.3 is 10.6 Å². The van der Waals surface area contributed by atoms with Crippen LogP contribution in [0.1, 0.15) is 158 Å². The largest absolute Gasteiger partial charge is 0.383 e. The predicted molar refractivity (Wildman–Crippen MR) is 194 cm³/mol. The van der Waals surface area contributed by atoms with Gasteiger partial charge in [0.05, 0.1) is 5.69 Å². The summed E-state index contributed by atoms with van der Waals surface area (Å²) in [5.74, 6) is 2.92. The summed E-state index contributed by atoms with van der Waals surface area (Å²) in [4.78, 5) is 7.21. The zero-order valence-electron chi connectivity index (χ0n) is 30.3. The summed E-state index contributed by atoms with van der Waals surface area (Å²) in [5, 5.41) is 7.83. The molecule has 0 atom stereocenters. The molecule has 0 amide bonds. The Hall–Kier alpha value is -2.36. The van der Waals surface area contributed by atoms with Crippen molar-refractivity contribution in [3.8, 4) is 0 Å². The number of pyridine rings is 1. The molecule has 0 unspecified atom stereocenters. The third-order valence-corrected chi connectivity index (χ3v) is 8.84. The fraction of sp³-hybridized carbons (Fsp3) is 0.575. The minimum atomic E-state index is 0. The van der Waals surface area contributed by atoms with Crippen molar-refractivity contribution in [2.24, 2.45) is 0 Å². The third kappa shape index (κ3) is 10.9. The van der Waals surface area contributed by atoms with Crippen LogP contribution in [0.4, 0.5) is 11.4 Å². The van der Waals surface area contributed by atoms with Gasteiger partial charge in [-0.25, -0.2) is 0 Å². The van der Waals surface area contributed by atoms with Crippen LogP contribution in [0, 0.1) is 0 Å². The molecule has 5 heteroatoms. The fourth-order valence-corrected chi connectivity index (χ4v) is 5.99. The van der Waals surface area contributed by atoms with E-state index in [0.29, 0.717) is 35.5 Å². The van der Waals surface area contributed by atoms with Crippen molar-refractivity contribution < 1.29 is 16.5 Å². The number of benzene rings is 2. The quantitative estimate of drug-likeness (QED) is 0.150.